The zero-order chi connectivity index (χ0) is 11.4. The summed E-state index contributed by atoms with van der Waals surface area (Å²) in [5, 5.41) is 9.59. The van der Waals surface area contributed by atoms with E-state index in [2.05, 4.69) is 45.9 Å². The molecule has 0 aromatic heterocycles. The molecule has 0 bridgehead atoms. The Morgan fingerprint density at radius 2 is 1.93 bits per heavy atom. The van der Waals surface area contributed by atoms with Crippen molar-refractivity contribution < 1.29 is 5.11 Å². The van der Waals surface area contributed by atoms with Crippen LogP contribution in [0.5, 0.6) is 0 Å². The second-order valence-electron chi connectivity index (χ2n) is 4.35. The molecule has 1 atom stereocenters. The Balaban J connectivity index is 2.82. The first kappa shape index (κ1) is 12.6. The third-order valence-corrected chi connectivity index (χ3v) is 4.24. The van der Waals surface area contributed by atoms with Crippen molar-refractivity contribution in [3.63, 3.8) is 0 Å². The van der Waals surface area contributed by atoms with Crippen LogP contribution in [0.4, 0.5) is 0 Å². The van der Waals surface area contributed by atoms with Gasteiger partial charge in [-0.25, -0.2) is 0 Å². The normalized spacial score (nSPS) is 13.2. The van der Waals surface area contributed by atoms with Crippen molar-refractivity contribution in [2.45, 2.75) is 37.8 Å². The lowest BCUT2D eigenvalue weighted by Gasteiger charge is -2.19. The highest BCUT2D eigenvalue weighted by atomic mass is 32.2. The van der Waals surface area contributed by atoms with Crippen molar-refractivity contribution in [2.75, 3.05) is 6.61 Å². The molecule has 0 aliphatic carbocycles. The lowest BCUT2D eigenvalue weighted by molar-refractivity contribution is 0.275. The van der Waals surface area contributed by atoms with Crippen molar-refractivity contribution in [3.05, 3.63) is 29.3 Å². The van der Waals surface area contributed by atoms with E-state index in [0.717, 1.165) is 0 Å². The highest BCUT2D eigenvalue weighted by molar-refractivity contribution is 8.00. The molecule has 84 valence electrons. The number of rotatable bonds is 4. The van der Waals surface area contributed by atoms with E-state index in [1.165, 1.54) is 16.0 Å². The second kappa shape index (κ2) is 5.57. The fourth-order valence-electron chi connectivity index (χ4n) is 1.38. The number of aryl methyl sites for hydroxylation is 2. The minimum Gasteiger partial charge on any atom is -0.395 e. The van der Waals surface area contributed by atoms with Gasteiger partial charge in [0, 0.05) is 10.1 Å². The van der Waals surface area contributed by atoms with E-state index in [1.807, 2.05) is 0 Å². The van der Waals surface area contributed by atoms with Crippen LogP contribution < -0.4 is 0 Å². The van der Waals surface area contributed by atoms with Gasteiger partial charge in [-0.3, -0.25) is 0 Å². The number of thioether (sulfide) groups is 1. The predicted octanol–water partition coefficient (Wildman–Crippen LogP) is 3.41. The lowest BCUT2D eigenvalue weighted by atomic mass is 10.1. The quantitative estimate of drug-likeness (QED) is 0.791. The van der Waals surface area contributed by atoms with Crippen LogP contribution in [-0.4, -0.2) is 17.0 Å². The number of hydrogen-bond acceptors (Lipinski definition) is 2. The van der Waals surface area contributed by atoms with E-state index < -0.39 is 0 Å². The molecule has 0 radical (unpaired) electrons. The maximum Gasteiger partial charge on any atom is 0.0556 e. The van der Waals surface area contributed by atoms with Gasteiger partial charge >= 0.3 is 0 Å². The zero-order valence-corrected chi connectivity index (χ0v) is 10.8. The van der Waals surface area contributed by atoms with E-state index in [9.17, 15) is 5.11 Å². The maximum absolute atomic E-state index is 9.30. The Kier molecular flexibility index (Phi) is 4.68. The molecule has 0 amide bonds. The number of hydrogen-bond donors (Lipinski definition) is 1. The zero-order valence-electron chi connectivity index (χ0n) is 9.95. The van der Waals surface area contributed by atoms with Crippen LogP contribution >= 0.6 is 11.8 Å². The molecule has 0 spiro atoms. The Morgan fingerprint density at radius 3 is 2.47 bits per heavy atom. The molecule has 0 heterocycles. The summed E-state index contributed by atoms with van der Waals surface area (Å²) in [6, 6.07) is 6.47. The Hall–Kier alpha value is -0.470. The van der Waals surface area contributed by atoms with Gasteiger partial charge in [-0.15, -0.1) is 11.8 Å². The molecule has 0 aliphatic rings. The molecule has 1 N–H and O–H groups in total. The standard InChI is InChI=1S/C13H20OS/c1-9(2)13(8-14)15-12-7-10(3)5-6-11(12)4/h5-7,9,13-14H,8H2,1-4H3. The molecule has 0 saturated carbocycles. The predicted molar refractivity (Wildman–Crippen MR) is 67.5 cm³/mol. The topological polar surface area (TPSA) is 20.2 Å². The van der Waals surface area contributed by atoms with Gasteiger partial charge in [0.1, 0.15) is 0 Å². The van der Waals surface area contributed by atoms with E-state index in [0.29, 0.717) is 11.2 Å². The Morgan fingerprint density at radius 1 is 1.27 bits per heavy atom. The molecule has 1 nitrogen and oxygen atoms in total. The third kappa shape index (κ3) is 3.54. The molecule has 0 saturated heterocycles. The summed E-state index contributed by atoms with van der Waals surface area (Å²) in [6.07, 6.45) is 0. The van der Waals surface area contributed by atoms with Crippen LogP contribution in [0.2, 0.25) is 0 Å². The molecule has 1 unspecified atom stereocenters. The molecule has 1 aromatic rings. The average Bonchev–Trinajstić information content (AvgIpc) is 2.18. The third-order valence-electron chi connectivity index (χ3n) is 2.55. The smallest absolute Gasteiger partial charge is 0.0556 e. The SMILES string of the molecule is Cc1ccc(C)c(SC(CO)C(C)C)c1. The van der Waals surface area contributed by atoms with Crippen LogP contribution in [0.3, 0.4) is 0 Å². The monoisotopic (exact) mass is 224 g/mol. The largest absolute Gasteiger partial charge is 0.395 e. The van der Waals surface area contributed by atoms with Gasteiger partial charge in [0.05, 0.1) is 6.61 Å². The van der Waals surface area contributed by atoms with Crippen LogP contribution in [0, 0.1) is 19.8 Å². The Bertz CT molecular complexity index is 320. The summed E-state index contributed by atoms with van der Waals surface area (Å²) in [7, 11) is 0. The summed E-state index contributed by atoms with van der Waals surface area (Å²) in [5.74, 6) is 0.500. The fraction of sp³-hybridized carbons (Fsp3) is 0.538. The molecule has 15 heavy (non-hydrogen) atoms. The molecule has 2 heteroatoms. The first-order valence-electron chi connectivity index (χ1n) is 5.39. The first-order chi connectivity index (χ1) is 7.04. The molecule has 1 rings (SSSR count). The van der Waals surface area contributed by atoms with Crippen LogP contribution in [0.25, 0.3) is 0 Å². The summed E-state index contributed by atoms with van der Waals surface area (Å²) < 4.78 is 0. The fourth-order valence-corrected chi connectivity index (χ4v) is 2.56. The van der Waals surface area contributed by atoms with Crippen molar-refractivity contribution >= 4 is 11.8 Å². The number of aliphatic hydroxyl groups excluding tert-OH is 1. The van der Waals surface area contributed by atoms with Crippen LogP contribution in [0.15, 0.2) is 23.1 Å². The summed E-state index contributed by atoms with van der Waals surface area (Å²) in [4.78, 5) is 1.29. The van der Waals surface area contributed by atoms with Crippen molar-refractivity contribution in [1.29, 1.82) is 0 Å². The summed E-state index contributed by atoms with van der Waals surface area (Å²) in [5.41, 5.74) is 2.58. The minimum absolute atomic E-state index is 0.246. The minimum atomic E-state index is 0.246. The van der Waals surface area contributed by atoms with Crippen molar-refractivity contribution in [1.82, 2.24) is 0 Å². The number of aliphatic hydroxyl groups is 1. The molecule has 0 aliphatic heterocycles. The highest BCUT2D eigenvalue weighted by Crippen LogP contribution is 2.30. The summed E-state index contributed by atoms with van der Waals surface area (Å²) >= 11 is 1.79. The van der Waals surface area contributed by atoms with Crippen molar-refractivity contribution in [2.24, 2.45) is 5.92 Å². The first-order valence-corrected chi connectivity index (χ1v) is 6.27. The number of benzene rings is 1. The average molecular weight is 224 g/mol. The molecule has 0 fully saturated rings. The molecule has 1 aromatic carbocycles. The van der Waals surface area contributed by atoms with Gasteiger partial charge in [-0.05, 0) is 31.4 Å². The van der Waals surface area contributed by atoms with Crippen LogP contribution in [-0.2, 0) is 0 Å². The van der Waals surface area contributed by atoms with E-state index in [-0.39, 0.29) is 6.61 Å². The lowest BCUT2D eigenvalue weighted by Crippen LogP contribution is -2.15. The van der Waals surface area contributed by atoms with E-state index >= 15 is 0 Å². The van der Waals surface area contributed by atoms with Gasteiger partial charge in [-0.1, -0.05) is 31.5 Å². The van der Waals surface area contributed by atoms with Gasteiger partial charge in [0.2, 0.25) is 0 Å². The Labute approximate surface area is 96.9 Å². The van der Waals surface area contributed by atoms with Gasteiger partial charge in [-0.2, -0.15) is 0 Å². The van der Waals surface area contributed by atoms with E-state index in [1.54, 1.807) is 11.8 Å². The van der Waals surface area contributed by atoms with Crippen molar-refractivity contribution in [3.8, 4) is 0 Å². The van der Waals surface area contributed by atoms with E-state index in [4.69, 9.17) is 0 Å². The maximum atomic E-state index is 9.30. The summed E-state index contributed by atoms with van der Waals surface area (Å²) in [6.45, 7) is 8.77. The molecular formula is C13H20OS. The van der Waals surface area contributed by atoms with Gasteiger partial charge in [0.25, 0.3) is 0 Å². The molecular weight excluding hydrogens is 204 g/mol. The van der Waals surface area contributed by atoms with Gasteiger partial charge < -0.3 is 5.11 Å². The second-order valence-corrected chi connectivity index (χ2v) is 5.63. The highest BCUT2D eigenvalue weighted by Gasteiger charge is 2.14. The van der Waals surface area contributed by atoms with Gasteiger partial charge in [0.15, 0.2) is 0 Å². The van der Waals surface area contributed by atoms with Crippen LogP contribution in [0.1, 0.15) is 25.0 Å².